The topological polar surface area (TPSA) is 152 Å². The number of carbonyl (C=O) groups is 2. The van der Waals surface area contributed by atoms with Crippen LogP contribution in [0.4, 0.5) is 27.7 Å². The number of morpholine rings is 1. The highest BCUT2D eigenvalue weighted by Crippen LogP contribution is 2.27. The number of aryl methyl sites for hydroxylation is 1. The van der Waals surface area contributed by atoms with Crippen molar-refractivity contribution in [1.29, 1.82) is 0 Å². The second-order valence-electron chi connectivity index (χ2n) is 9.48. The van der Waals surface area contributed by atoms with Crippen LogP contribution in [-0.4, -0.2) is 68.2 Å². The zero-order chi connectivity index (χ0) is 28.9. The zero-order valence-electron chi connectivity index (χ0n) is 22.8. The number of nitrogens with one attached hydrogen (secondary N) is 3. The number of ether oxygens (including phenoxy) is 1. The van der Waals surface area contributed by atoms with E-state index in [0.717, 1.165) is 11.4 Å². The molecular formula is C29H28N10O3. The summed E-state index contributed by atoms with van der Waals surface area (Å²) in [5.74, 6) is 1.01. The molecule has 3 aromatic heterocycles. The third-order valence-corrected chi connectivity index (χ3v) is 6.68. The fourth-order valence-electron chi connectivity index (χ4n) is 4.52. The average molecular weight is 565 g/mol. The van der Waals surface area contributed by atoms with Gasteiger partial charge in [0, 0.05) is 48.3 Å². The van der Waals surface area contributed by atoms with E-state index in [1.807, 2.05) is 19.1 Å². The number of anilines is 4. The molecule has 1 aliphatic heterocycles. The predicted molar refractivity (Wildman–Crippen MR) is 159 cm³/mol. The Labute approximate surface area is 240 Å². The van der Waals surface area contributed by atoms with E-state index in [1.165, 1.54) is 0 Å². The van der Waals surface area contributed by atoms with Crippen LogP contribution in [0, 0.1) is 0 Å². The number of nitrogens with zero attached hydrogens (tertiary/aromatic N) is 7. The number of amides is 3. The molecule has 13 nitrogen and oxygen atoms in total. The largest absolute Gasteiger partial charge is 0.378 e. The Morgan fingerprint density at radius 1 is 0.881 bits per heavy atom. The smallest absolute Gasteiger partial charge is 0.323 e. The Morgan fingerprint density at radius 3 is 2.26 bits per heavy atom. The first kappa shape index (κ1) is 26.8. The van der Waals surface area contributed by atoms with Gasteiger partial charge in [-0.05, 0) is 67.6 Å². The Hall–Kier alpha value is -5.43. The summed E-state index contributed by atoms with van der Waals surface area (Å²) in [7, 11) is 0. The van der Waals surface area contributed by atoms with Crippen LogP contribution in [0.2, 0.25) is 0 Å². The van der Waals surface area contributed by atoms with E-state index in [4.69, 9.17) is 14.7 Å². The van der Waals surface area contributed by atoms with Gasteiger partial charge in [0.2, 0.25) is 0 Å². The summed E-state index contributed by atoms with van der Waals surface area (Å²) in [6.45, 7) is 5.29. The highest BCUT2D eigenvalue weighted by atomic mass is 16.5. The number of fused-ring (bicyclic) bond motifs is 1. The molecule has 3 amide bonds. The molecule has 4 heterocycles. The molecule has 0 aliphatic carbocycles. The van der Waals surface area contributed by atoms with Gasteiger partial charge in [-0.3, -0.25) is 9.78 Å². The zero-order valence-corrected chi connectivity index (χ0v) is 22.8. The molecule has 0 spiro atoms. The Kier molecular flexibility index (Phi) is 7.64. The summed E-state index contributed by atoms with van der Waals surface area (Å²) in [6.07, 6.45) is 3.20. The lowest BCUT2D eigenvalue weighted by Gasteiger charge is -2.27. The van der Waals surface area contributed by atoms with Crippen molar-refractivity contribution in [3.63, 3.8) is 0 Å². The van der Waals surface area contributed by atoms with Gasteiger partial charge in [-0.15, -0.1) is 5.10 Å². The number of rotatable bonds is 7. The van der Waals surface area contributed by atoms with Gasteiger partial charge >= 0.3 is 6.03 Å². The van der Waals surface area contributed by atoms with Crippen LogP contribution in [0.15, 0.2) is 73.1 Å². The molecule has 1 fully saturated rings. The summed E-state index contributed by atoms with van der Waals surface area (Å²) in [4.78, 5) is 40.8. The molecule has 42 heavy (non-hydrogen) atoms. The first-order valence-corrected chi connectivity index (χ1v) is 13.5. The number of benzene rings is 2. The van der Waals surface area contributed by atoms with Crippen LogP contribution in [0.3, 0.4) is 0 Å². The van der Waals surface area contributed by atoms with E-state index < -0.39 is 6.03 Å². The molecule has 1 saturated heterocycles. The second-order valence-corrected chi connectivity index (χ2v) is 9.48. The van der Waals surface area contributed by atoms with Crippen LogP contribution < -0.4 is 20.9 Å². The van der Waals surface area contributed by atoms with Gasteiger partial charge in [0.1, 0.15) is 0 Å². The van der Waals surface area contributed by atoms with Crippen molar-refractivity contribution >= 4 is 46.0 Å². The Morgan fingerprint density at radius 2 is 1.60 bits per heavy atom. The van der Waals surface area contributed by atoms with Gasteiger partial charge in [0.05, 0.1) is 25.1 Å². The SMILES string of the molecule is CCn1nnc2c(N3CCOCC3)nc(-c3ccc(NC(=O)Nc4ccc(C(=O)Nc5cccnc5)cc4)cc3)nc21. The molecule has 212 valence electrons. The molecule has 0 bridgehead atoms. The fraction of sp³-hybridized carbons (Fsp3) is 0.207. The van der Waals surface area contributed by atoms with Crippen LogP contribution in [0.25, 0.3) is 22.6 Å². The molecule has 0 saturated carbocycles. The summed E-state index contributed by atoms with van der Waals surface area (Å²) < 4.78 is 7.26. The Bertz CT molecular complexity index is 1700. The molecule has 3 N–H and O–H groups in total. The molecule has 5 aromatic rings. The van der Waals surface area contributed by atoms with E-state index in [2.05, 4.69) is 36.1 Å². The molecule has 1 aliphatic rings. The third kappa shape index (κ3) is 5.86. The van der Waals surface area contributed by atoms with Gasteiger partial charge < -0.3 is 25.6 Å². The van der Waals surface area contributed by atoms with Crippen molar-refractivity contribution in [2.75, 3.05) is 47.2 Å². The standard InChI is InChI=1S/C29H28N10O3/c1-2-39-27-24(36-37-39)26(38-14-16-42-17-15-38)34-25(35-27)19-5-9-21(10-6-19)32-29(41)33-22-11-7-20(8-12-22)28(40)31-23-4-3-13-30-18-23/h3-13,18H,2,14-17H2,1H3,(H,31,40)(H2,32,33,41). The van der Waals surface area contributed by atoms with E-state index >= 15 is 0 Å². The molecule has 0 atom stereocenters. The van der Waals surface area contributed by atoms with Crippen LogP contribution in [0.5, 0.6) is 0 Å². The maximum absolute atomic E-state index is 12.6. The normalized spacial score (nSPS) is 13.1. The summed E-state index contributed by atoms with van der Waals surface area (Å²) in [5.41, 5.74) is 4.32. The first-order chi connectivity index (χ1) is 20.6. The van der Waals surface area contributed by atoms with E-state index in [0.29, 0.717) is 72.5 Å². The molecule has 0 radical (unpaired) electrons. The molecule has 2 aromatic carbocycles. The number of pyridine rings is 1. The lowest BCUT2D eigenvalue weighted by molar-refractivity contribution is 0.102. The predicted octanol–water partition coefficient (Wildman–Crippen LogP) is 4.04. The maximum atomic E-state index is 12.6. The van der Waals surface area contributed by atoms with Gasteiger partial charge in [-0.2, -0.15) is 0 Å². The van der Waals surface area contributed by atoms with Crippen LogP contribution in [0.1, 0.15) is 17.3 Å². The van der Waals surface area contributed by atoms with Crippen molar-refractivity contribution in [3.05, 3.63) is 78.6 Å². The average Bonchev–Trinajstić information content (AvgIpc) is 3.45. The molecule has 0 unspecified atom stereocenters. The maximum Gasteiger partial charge on any atom is 0.323 e. The van der Waals surface area contributed by atoms with Crippen molar-refractivity contribution in [2.24, 2.45) is 0 Å². The minimum Gasteiger partial charge on any atom is -0.378 e. The fourth-order valence-corrected chi connectivity index (χ4v) is 4.52. The van der Waals surface area contributed by atoms with E-state index in [-0.39, 0.29) is 5.91 Å². The Balaban J connectivity index is 1.12. The number of carbonyl (C=O) groups excluding carboxylic acids is 2. The second kappa shape index (κ2) is 12.0. The highest BCUT2D eigenvalue weighted by molar-refractivity contribution is 6.05. The van der Waals surface area contributed by atoms with Crippen molar-refractivity contribution in [1.82, 2.24) is 29.9 Å². The van der Waals surface area contributed by atoms with E-state index in [1.54, 1.807) is 65.6 Å². The van der Waals surface area contributed by atoms with Crippen molar-refractivity contribution < 1.29 is 14.3 Å². The monoisotopic (exact) mass is 564 g/mol. The van der Waals surface area contributed by atoms with E-state index in [9.17, 15) is 9.59 Å². The van der Waals surface area contributed by atoms with Crippen molar-refractivity contribution in [2.45, 2.75) is 13.5 Å². The number of aromatic nitrogens is 6. The lowest BCUT2D eigenvalue weighted by atomic mass is 10.2. The highest BCUT2D eigenvalue weighted by Gasteiger charge is 2.21. The summed E-state index contributed by atoms with van der Waals surface area (Å²) in [6, 6.07) is 17.0. The molecule has 6 rings (SSSR count). The summed E-state index contributed by atoms with van der Waals surface area (Å²) in [5, 5.41) is 17.0. The van der Waals surface area contributed by atoms with Gasteiger partial charge in [-0.1, -0.05) is 5.21 Å². The quantitative estimate of drug-likeness (QED) is 0.266. The van der Waals surface area contributed by atoms with Crippen LogP contribution >= 0.6 is 0 Å². The minimum atomic E-state index is -0.416. The minimum absolute atomic E-state index is 0.269. The third-order valence-electron chi connectivity index (χ3n) is 6.68. The van der Waals surface area contributed by atoms with Crippen LogP contribution in [-0.2, 0) is 11.3 Å². The summed E-state index contributed by atoms with van der Waals surface area (Å²) >= 11 is 0. The lowest BCUT2D eigenvalue weighted by Crippen LogP contribution is -2.37. The number of hydrogen-bond acceptors (Lipinski definition) is 9. The van der Waals surface area contributed by atoms with Gasteiger partial charge in [0.25, 0.3) is 5.91 Å². The number of hydrogen-bond donors (Lipinski definition) is 3. The molecule has 13 heteroatoms. The molecular weight excluding hydrogens is 536 g/mol. The van der Waals surface area contributed by atoms with Gasteiger partial charge in [0.15, 0.2) is 22.8 Å². The van der Waals surface area contributed by atoms with Crippen molar-refractivity contribution in [3.8, 4) is 11.4 Å². The first-order valence-electron chi connectivity index (χ1n) is 13.5. The number of urea groups is 1. The van der Waals surface area contributed by atoms with Gasteiger partial charge in [-0.25, -0.2) is 19.4 Å².